The van der Waals surface area contributed by atoms with Crippen LogP contribution >= 0.6 is 0 Å². The smallest absolute Gasteiger partial charge is 0.506 e. The van der Waals surface area contributed by atoms with Gasteiger partial charge in [0.1, 0.15) is 18.1 Å². The van der Waals surface area contributed by atoms with Crippen molar-refractivity contribution in [2.24, 2.45) is 0 Å². The van der Waals surface area contributed by atoms with E-state index in [0.717, 1.165) is 23.3 Å². The van der Waals surface area contributed by atoms with Crippen LogP contribution in [0.3, 0.4) is 0 Å². The molecule has 8 nitrogen and oxygen atoms in total. The van der Waals surface area contributed by atoms with Crippen molar-refractivity contribution < 1.29 is 28.9 Å². The summed E-state index contributed by atoms with van der Waals surface area (Å²) in [6, 6.07) is 22.5. The molecule has 0 aliphatic carbocycles. The van der Waals surface area contributed by atoms with Crippen LogP contribution in [-0.2, 0) is 17.8 Å². The molecule has 0 spiro atoms. The molecule has 4 rings (SSSR count). The fourth-order valence-corrected chi connectivity index (χ4v) is 3.97. The van der Waals surface area contributed by atoms with Crippen molar-refractivity contribution in [3.63, 3.8) is 0 Å². The number of carbonyl (C=O) groups is 2. The molecule has 0 saturated carbocycles. The van der Waals surface area contributed by atoms with Gasteiger partial charge in [0, 0.05) is 23.1 Å². The number of benzene rings is 3. The molecule has 0 aliphatic heterocycles. The maximum atomic E-state index is 13.0. The van der Waals surface area contributed by atoms with E-state index in [1.165, 1.54) is 12.1 Å². The number of carbonyl (C=O) groups excluding carboxylic acids is 2. The Bertz CT molecular complexity index is 1350. The van der Waals surface area contributed by atoms with Crippen LogP contribution in [0.2, 0.25) is 0 Å². The Morgan fingerprint density at radius 2 is 1.76 bits per heavy atom. The highest BCUT2D eigenvalue weighted by Gasteiger charge is 2.18. The van der Waals surface area contributed by atoms with E-state index in [0.29, 0.717) is 23.1 Å². The Labute approximate surface area is 215 Å². The molecular weight excluding hydrogens is 472 g/mol. The minimum Gasteiger partial charge on any atom is -0.506 e. The zero-order valence-corrected chi connectivity index (χ0v) is 20.8. The van der Waals surface area contributed by atoms with E-state index in [4.69, 9.17) is 14.2 Å². The van der Waals surface area contributed by atoms with E-state index >= 15 is 0 Å². The van der Waals surface area contributed by atoms with Crippen molar-refractivity contribution in [1.82, 2.24) is 10.3 Å². The Kier molecular flexibility index (Phi) is 8.43. The van der Waals surface area contributed by atoms with Crippen LogP contribution < -0.4 is 14.8 Å². The highest BCUT2D eigenvalue weighted by Crippen LogP contribution is 2.31. The van der Waals surface area contributed by atoms with Gasteiger partial charge >= 0.3 is 6.16 Å². The van der Waals surface area contributed by atoms with Crippen molar-refractivity contribution in [1.29, 1.82) is 0 Å². The summed E-state index contributed by atoms with van der Waals surface area (Å²) in [7, 11) is 0. The lowest BCUT2D eigenvalue weighted by Gasteiger charge is -2.14. The number of nitrogens with one attached hydrogen (secondary N) is 2. The van der Waals surface area contributed by atoms with Crippen LogP contribution in [0.4, 0.5) is 4.79 Å². The fourth-order valence-electron chi connectivity index (χ4n) is 3.97. The van der Waals surface area contributed by atoms with Crippen molar-refractivity contribution in [3.8, 4) is 17.4 Å². The molecule has 0 bridgehead atoms. The largest absolute Gasteiger partial charge is 0.515 e. The van der Waals surface area contributed by atoms with Gasteiger partial charge in [-0.05, 0) is 55.7 Å². The molecule has 1 atom stereocenters. The molecule has 1 aromatic heterocycles. The van der Waals surface area contributed by atoms with Gasteiger partial charge in [0.25, 0.3) is 0 Å². The second-order valence-electron chi connectivity index (χ2n) is 8.67. The average molecular weight is 503 g/mol. The Morgan fingerprint density at radius 1 is 1.00 bits per heavy atom. The van der Waals surface area contributed by atoms with Crippen molar-refractivity contribution >= 4 is 22.8 Å². The molecule has 37 heavy (non-hydrogen) atoms. The van der Waals surface area contributed by atoms with E-state index in [9.17, 15) is 14.7 Å². The summed E-state index contributed by atoms with van der Waals surface area (Å²) >= 11 is 0. The molecule has 4 aromatic rings. The molecule has 192 valence electrons. The molecule has 1 unspecified atom stereocenters. The van der Waals surface area contributed by atoms with Gasteiger partial charge in [-0.15, -0.1) is 0 Å². The molecule has 3 N–H and O–H groups in total. The molecule has 0 fully saturated rings. The standard InChI is InChI=1S/C29H30N2O6/c1-3-35-29(34)37-27-16-24-23(13-14-25(32)28(24)31-27)26(33)17-30-19(2)15-20-9-11-22(12-10-20)36-18-21-7-5-4-6-8-21/h4-14,16,19,30-32H,3,15,17-18H2,1-2H3. The molecule has 8 heteroatoms. The number of aromatic nitrogens is 1. The molecule has 0 radical (unpaired) electrons. The summed E-state index contributed by atoms with van der Waals surface area (Å²) in [5.74, 6) is 0.685. The van der Waals surface area contributed by atoms with Crippen LogP contribution in [0.15, 0.2) is 72.8 Å². The lowest BCUT2D eigenvalue weighted by molar-refractivity contribution is 0.0988. The van der Waals surface area contributed by atoms with Gasteiger partial charge < -0.3 is 29.6 Å². The van der Waals surface area contributed by atoms with Gasteiger partial charge in [0.05, 0.1) is 18.7 Å². The highest BCUT2D eigenvalue weighted by atomic mass is 16.7. The topological polar surface area (TPSA) is 110 Å². The number of rotatable bonds is 11. The normalized spacial score (nSPS) is 11.7. The quantitative estimate of drug-likeness (QED) is 0.186. The zero-order valence-electron chi connectivity index (χ0n) is 20.8. The lowest BCUT2D eigenvalue weighted by atomic mass is 10.0. The average Bonchev–Trinajstić information content (AvgIpc) is 3.32. The minimum atomic E-state index is -0.868. The van der Waals surface area contributed by atoms with Crippen molar-refractivity contribution in [3.05, 3.63) is 89.5 Å². The monoisotopic (exact) mass is 502 g/mol. The van der Waals surface area contributed by atoms with Gasteiger partial charge in [-0.3, -0.25) is 4.79 Å². The Balaban J connectivity index is 1.32. The number of H-pyrrole nitrogens is 1. The molecule has 0 saturated heterocycles. The summed E-state index contributed by atoms with van der Waals surface area (Å²) < 4.78 is 15.7. The highest BCUT2D eigenvalue weighted by molar-refractivity contribution is 6.10. The van der Waals surface area contributed by atoms with Gasteiger partial charge in [-0.25, -0.2) is 4.79 Å². The zero-order chi connectivity index (χ0) is 26.2. The second kappa shape index (κ2) is 12.1. The molecule has 0 aliphatic rings. The minimum absolute atomic E-state index is 0.0431. The van der Waals surface area contributed by atoms with E-state index in [1.54, 1.807) is 13.0 Å². The van der Waals surface area contributed by atoms with Gasteiger partial charge in [-0.1, -0.05) is 42.5 Å². The van der Waals surface area contributed by atoms with E-state index in [1.807, 2.05) is 61.5 Å². The number of hydrogen-bond donors (Lipinski definition) is 3. The van der Waals surface area contributed by atoms with Crippen LogP contribution in [0.5, 0.6) is 17.4 Å². The second-order valence-corrected chi connectivity index (χ2v) is 8.67. The summed E-state index contributed by atoms with van der Waals surface area (Å²) in [5.41, 5.74) is 2.95. The van der Waals surface area contributed by atoms with Crippen LogP contribution in [-0.4, -0.2) is 41.2 Å². The lowest BCUT2D eigenvalue weighted by Crippen LogP contribution is -2.33. The molecule has 3 aromatic carbocycles. The number of aromatic hydroxyl groups is 1. The predicted molar refractivity (Wildman–Crippen MR) is 140 cm³/mol. The summed E-state index contributed by atoms with van der Waals surface area (Å²) in [6.07, 6.45) is -0.133. The van der Waals surface area contributed by atoms with E-state index in [-0.39, 0.29) is 36.6 Å². The third kappa shape index (κ3) is 6.89. The third-order valence-electron chi connectivity index (χ3n) is 5.83. The summed E-state index contributed by atoms with van der Waals surface area (Å²) in [5, 5.41) is 13.9. The SMILES string of the molecule is CCOC(=O)Oc1cc2c(C(=O)CNC(C)Cc3ccc(OCc4ccccc4)cc3)ccc(O)c2[nH]1. The number of fused-ring (bicyclic) bond motifs is 1. The summed E-state index contributed by atoms with van der Waals surface area (Å²) in [6.45, 7) is 4.48. The number of aromatic amines is 1. The first kappa shape index (κ1) is 25.8. The summed E-state index contributed by atoms with van der Waals surface area (Å²) in [4.78, 5) is 27.4. The molecule has 0 amide bonds. The van der Waals surface area contributed by atoms with Crippen LogP contribution in [0.25, 0.3) is 10.9 Å². The van der Waals surface area contributed by atoms with Gasteiger partial charge in [-0.2, -0.15) is 0 Å². The molecular formula is C29H30N2O6. The number of phenolic OH excluding ortho intramolecular Hbond substituents is 1. The predicted octanol–water partition coefficient (Wildman–Crippen LogP) is 5.39. The number of ether oxygens (including phenoxy) is 3. The number of hydrogen-bond acceptors (Lipinski definition) is 7. The molecule has 1 heterocycles. The first-order valence-corrected chi connectivity index (χ1v) is 12.1. The third-order valence-corrected chi connectivity index (χ3v) is 5.83. The van der Waals surface area contributed by atoms with Crippen molar-refractivity contribution in [2.45, 2.75) is 32.9 Å². The number of Topliss-reactive ketones (excluding diaryl/α,β-unsaturated/α-hetero) is 1. The van der Waals surface area contributed by atoms with Gasteiger partial charge in [0.2, 0.25) is 5.88 Å². The van der Waals surface area contributed by atoms with E-state index in [2.05, 4.69) is 10.3 Å². The van der Waals surface area contributed by atoms with Crippen LogP contribution in [0, 0.1) is 0 Å². The fraction of sp³-hybridized carbons (Fsp3) is 0.241. The van der Waals surface area contributed by atoms with Crippen molar-refractivity contribution in [2.75, 3.05) is 13.2 Å². The maximum Gasteiger partial charge on any atom is 0.515 e. The number of phenols is 1. The number of ketones is 1. The van der Waals surface area contributed by atoms with Gasteiger partial charge in [0.15, 0.2) is 5.78 Å². The van der Waals surface area contributed by atoms with Crippen LogP contribution in [0.1, 0.15) is 35.3 Å². The first-order chi connectivity index (χ1) is 17.9. The maximum absolute atomic E-state index is 13.0. The Morgan fingerprint density at radius 3 is 2.49 bits per heavy atom. The Hall–Kier alpha value is -4.30. The first-order valence-electron chi connectivity index (χ1n) is 12.1. The van der Waals surface area contributed by atoms with E-state index < -0.39 is 6.16 Å².